The fourth-order valence-corrected chi connectivity index (χ4v) is 2.18. The molecule has 5 nitrogen and oxygen atoms in total. The Labute approximate surface area is 104 Å². The number of ether oxygens (including phenoxy) is 1. The van der Waals surface area contributed by atoms with E-state index in [9.17, 15) is 0 Å². The predicted molar refractivity (Wildman–Crippen MR) is 62.1 cm³/mol. The number of halogens is 2. The first-order valence-electron chi connectivity index (χ1n) is 5.01. The van der Waals surface area contributed by atoms with Crippen LogP contribution < -0.4 is 4.90 Å². The third-order valence-corrected chi connectivity index (χ3v) is 2.81. The number of nitrogens with zero attached hydrogens (tertiary/aromatic N) is 4. The van der Waals surface area contributed by atoms with Crippen LogP contribution in [0.25, 0.3) is 0 Å². The minimum absolute atomic E-state index is 0.112. The average Bonchev–Trinajstić information content (AvgIpc) is 2.15. The highest BCUT2D eigenvalue weighted by atomic mass is 35.5. The van der Waals surface area contributed by atoms with E-state index in [-0.39, 0.29) is 22.7 Å². The summed E-state index contributed by atoms with van der Waals surface area (Å²) in [7, 11) is 0. The third kappa shape index (κ3) is 2.36. The van der Waals surface area contributed by atoms with Gasteiger partial charge in [-0.2, -0.15) is 15.0 Å². The van der Waals surface area contributed by atoms with Crippen LogP contribution in [-0.4, -0.2) is 40.2 Å². The second-order valence-corrected chi connectivity index (χ2v) is 4.49. The Morgan fingerprint density at radius 2 is 1.56 bits per heavy atom. The summed E-state index contributed by atoms with van der Waals surface area (Å²) in [6, 6.07) is 0.386. The van der Waals surface area contributed by atoms with Crippen LogP contribution in [-0.2, 0) is 4.74 Å². The van der Waals surface area contributed by atoms with E-state index in [0.29, 0.717) is 19.2 Å². The summed E-state index contributed by atoms with van der Waals surface area (Å²) in [4.78, 5) is 13.9. The summed E-state index contributed by atoms with van der Waals surface area (Å²) in [6.07, 6.45) is 0. The molecule has 16 heavy (non-hydrogen) atoms. The fourth-order valence-electron chi connectivity index (χ4n) is 1.83. The highest BCUT2D eigenvalue weighted by Gasteiger charge is 2.28. The first-order chi connectivity index (χ1) is 7.58. The van der Waals surface area contributed by atoms with Crippen LogP contribution in [0.4, 0.5) is 5.95 Å². The molecule has 0 spiro atoms. The normalized spacial score (nSPS) is 25.9. The lowest BCUT2D eigenvalue weighted by Gasteiger charge is -2.38. The first-order valence-corrected chi connectivity index (χ1v) is 5.76. The van der Waals surface area contributed by atoms with Crippen LogP contribution in [0.1, 0.15) is 13.8 Å². The average molecular weight is 263 g/mol. The summed E-state index contributed by atoms with van der Waals surface area (Å²) in [5, 5.41) is 0.224. The van der Waals surface area contributed by atoms with E-state index in [1.54, 1.807) is 0 Å². The summed E-state index contributed by atoms with van der Waals surface area (Å²) in [5.41, 5.74) is 0. The van der Waals surface area contributed by atoms with Crippen molar-refractivity contribution in [2.75, 3.05) is 18.1 Å². The Balaban J connectivity index is 2.33. The lowest BCUT2D eigenvalue weighted by Crippen LogP contribution is -2.50. The van der Waals surface area contributed by atoms with Crippen molar-refractivity contribution in [3.8, 4) is 0 Å². The van der Waals surface area contributed by atoms with Crippen LogP contribution >= 0.6 is 23.2 Å². The SMILES string of the molecule is CC1COCC(C)N1c1nc(Cl)nc(Cl)n1. The molecule has 1 aromatic rings. The molecule has 0 saturated carbocycles. The third-order valence-electron chi connectivity index (χ3n) is 2.47. The smallest absolute Gasteiger partial charge is 0.231 e. The topological polar surface area (TPSA) is 51.1 Å². The zero-order valence-corrected chi connectivity index (χ0v) is 10.5. The Morgan fingerprint density at radius 1 is 1.06 bits per heavy atom. The molecule has 0 radical (unpaired) electrons. The number of morpholine rings is 1. The zero-order valence-electron chi connectivity index (χ0n) is 9.02. The van der Waals surface area contributed by atoms with Gasteiger partial charge in [0.15, 0.2) is 0 Å². The van der Waals surface area contributed by atoms with Gasteiger partial charge in [-0.3, -0.25) is 0 Å². The van der Waals surface area contributed by atoms with Gasteiger partial charge in [0.05, 0.1) is 25.3 Å². The molecule has 7 heteroatoms. The highest BCUT2D eigenvalue weighted by molar-refractivity contribution is 6.31. The van der Waals surface area contributed by atoms with E-state index in [1.807, 2.05) is 18.7 Å². The Hall–Kier alpha value is -0.650. The van der Waals surface area contributed by atoms with Crippen LogP contribution in [0.5, 0.6) is 0 Å². The molecular weight excluding hydrogens is 251 g/mol. The van der Waals surface area contributed by atoms with Crippen molar-refractivity contribution in [3.63, 3.8) is 0 Å². The Kier molecular flexibility index (Phi) is 3.47. The zero-order chi connectivity index (χ0) is 11.7. The van der Waals surface area contributed by atoms with Crippen LogP contribution in [0.2, 0.25) is 10.6 Å². The van der Waals surface area contributed by atoms with E-state index < -0.39 is 0 Å². The van der Waals surface area contributed by atoms with E-state index in [1.165, 1.54) is 0 Å². The number of hydrogen-bond donors (Lipinski definition) is 0. The standard InChI is InChI=1S/C9H12Cl2N4O/c1-5-3-16-4-6(2)15(5)9-13-7(10)12-8(11)14-9/h5-6H,3-4H2,1-2H3. The van der Waals surface area contributed by atoms with E-state index in [2.05, 4.69) is 15.0 Å². The number of rotatable bonds is 1. The molecule has 1 fully saturated rings. The second-order valence-electron chi connectivity index (χ2n) is 3.82. The largest absolute Gasteiger partial charge is 0.377 e. The number of anilines is 1. The van der Waals surface area contributed by atoms with Gasteiger partial charge in [0, 0.05) is 0 Å². The van der Waals surface area contributed by atoms with Gasteiger partial charge >= 0.3 is 0 Å². The molecular formula is C9H12Cl2N4O. The molecule has 1 aliphatic rings. The van der Waals surface area contributed by atoms with Crippen molar-refractivity contribution in [3.05, 3.63) is 10.6 Å². The monoisotopic (exact) mass is 262 g/mol. The summed E-state index contributed by atoms with van der Waals surface area (Å²) in [6.45, 7) is 5.37. The molecule has 0 N–H and O–H groups in total. The van der Waals surface area contributed by atoms with Crippen molar-refractivity contribution in [2.45, 2.75) is 25.9 Å². The molecule has 0 bridgehead atoms. The molecule has 2 rings (SSSR count). The van der Waals surface area contributed by atoms with E-state index in [0.717, 1.165) is 0 Å². The second kappa shape index (κ2) is 4.69. The molecule has 0 aliphatic carbocycles. The van der Waals surface area contributed by atoms with Crippen LogP contribution in [0.15, 0.2) is 0 Å². The van der Waals surface area contributed by atoms with Gasteiger partial charge in [-0.25, -0.2) is 0 Å². The van der Waals surface area contributed by atoms with Crippen molar-refractivity contribution in [2.24, 2.45) is 0 Å². The Morgan fingerprint density at radius 3 is 2.06 bits per heavy atom. The fraction of sp³-hybridized carbons (Fsp3) is 0.667. The van der Waals surface area contributed by atoms with Gasteiger partial charge in [0.1, 0.15) is 0 Å². The predicted octanol–water partition coefficient (Wildman–Crippen LogP) is 1.79. The maximum atomic E-state index is 5.76. The maximum absolute atomic E-state index is 5.76. The quantitative estimate of drug-likeness (QED) is 0.773. The molecule has 1 aliphatic heterocycles. The van der Waals surface area contributed by atoms with Crippen LogP contribution in [0, 0.1) is 0 Å². The van der Waals surface area contributed by atoms with Crippen LogP contribution in [0.3, 0.4) is 0 Å². The molecule has 0 aromatic carbocycles. The molecule has 2 heterocycles. The molecule has 0 amide bonds. The van der Waals surface area contributed by atoms with Crippen molar-refractivity contribution in [1.82, 2.24) is 15.0 Å². The highest BCUT2D eigenvalue weighted by Crippen LogP contribution is 2.21. The lowest BCUT2D eigenvalue weighted by atomic mass is 10.2. The molecule has 2 unspecified atom stereocenters. The van der Waals surface area contributed by atoms with Gasteiger partial charge in [-0.05, 0) is 37.0 Å². The van der Waals surface area contributed by atoms with E-state index in [4.69, 9.17) is 27.9 Å². The van der Waals surface area contributed by atoms with Gasteiger partial charge in [0.2, 0.25) is 16.5 Å². The summed E-state index contributed by atoms with van der Waals surface area (Å²) in [5.74, 6) is 0.508. The van der Waals surface area contributed by atoms with E-state index >= 15 is 0 Å². The van der Waals surface area contributed by atoms with Gasteiger partial charge in [-0.1, -0.05) is 0 Å². The first kappa shape index (κ1) is 11.8. The van der Waals surface area contributed by atoms with Gasteiger partial charge in [0.25, 0.3) is 0 Å². The van der Waals surface area contributed by atoms with Gasteiger partial charge in [-0.15, -0.1) is 0 Å². The Bertz CT molecular complexity index is 360. The number of hydrogen-bond acceptors (Lipinski definition) is 5. The van der Waals surface area contributed by atoms with Gasteiger partial charge < -0.3 is 9.64 Å². The van der Waals surface area contributed by atoms with Crippen molar-refractivity contribution >= 4 is 29.2 Å². The summed E-state index contributed by atoms with van der Waals surface area (Å²) < 4.78 is 5.43. The molecule has 88 valence electrons. The summed E-state index contributed by atoms with van der Waals surface area (Å²) >= 11 is 11.5. The maximum Gasteiger partial charge on any atom is 0.231 e. The minimum atomic E-state index is 0.112. The molecule has 2 atom stereocenters. The van der Waals surface area contributed by atoms with Crippen molar-refractivity contribution < 1.29 is 4.74 Å². The lowest BCUT2D eigenvalue weighted by molar-refractivity contribution is 0.0746. The minimum Gasteiger partial charge on any atom is -0.377 e. The number of aromatic nitrogens is 3. The molecule has 1 aromatic heterocycles. The molecule has 1 saturated heterocycles. The van der Waals surface area contributed by atoms with Crippen molar-refractivity contribution in [1.29, 1.82) is 0 Å².